The normalized spacial score (nSPS) is 18.2. The van der Waals surface area contributed by atoms with Crippen molar-refractivity contribution in [1.82, 2.24) is 4.90 Å². The summed E-state index contributed by atoms with van der Waals surface area (Å²) in [6.45, 7) is 2.71. The molecule has 1 saturated heterocycles. The topological polar surface area (TPSA) is 79.0 Å². The van der Waals surface area contributed by atoms with Gasteiger partial charge in [0.25, 0.3) is 0 Å². The third kappa shape index (κ3) is 4.39. The first-order valence-corrected chi connectivity index (χ1v) is 9.99. The van der Waals surface area contributed by atoms with Crippen molar-refractivity contribution in [1.29, 1.82) is 0 Å². The summed E-state index contributed by atoms with van der Waals surface area (Å²) in [7, 11) is 0. The van der Waals surface area contributed by atoms with Crippen LogP contribution < -0.4 is 15.0 Å². The van der Waals surface area contributed by atoms with Crippen molar-refractivity contribution in [2.45, 2.75) is 25.6 Å². The summed E-state index contributed by atoms with van der Waals surface area (Å²) in [5, 5.41) is 2.52. The molecule has 0 bridgehead atoms. The monoisotopic (exact) mass is 447 g/mol. The summed E-state index contributed by atoms with van der Waals surface area (Å²) in [4.78, 5) is 39.7. The largest absolute Gasteiger partial charge is 0.426 e. The Kier molecular flexibility index (Phi) is 5.53. The van der Waals surface area contributed by atoms with Gasteiger partial charge in [-0.15, -0.1) is 0 Å². The number of anilines is 2. The Balaban J connectivity index is 1.36. The van der Waals surface area contributed by atoms with E-state index in [9.17, 15) is 27.6 Å². The van der Waals surface area contributed by atoms with Crippen LogP contribution in [0.1, 0.15) is 18.1 Å². The summed E-state index contributed by atoms with van der Waals surface area (Å²) in [6.07, 6.45) is -4.23. The van der Waals surface area contributed by atoms with Crippen LogP contribution in [0.4, 0.5) is 24.5 Å². The number of piperazine rings is 1. The van der Waals surface area contributed by atoms with Gasteiger partial charge in [0, 0.05) is 48.7 Å². The Morgan fingerprint density at radius 1 is 1.09 bits per heavy atom. The molecule has 1 fully saturated rings. The minimum Gasteiger partial charge on any atom is -0.426 e. The molecule has 7 nitrogen and oxygen atoms in total. The Morgan fingerprint density at radius 3 is 2.47 bits per heavy atom. The van der Waals surface area contributed by atoms with Crippen LogP contribution in [0.25, 0.3) is 0 Å². The van der Waals surface area contributed by atoms with Gasteiger partial charge in [0.1, 0.15) is 5.75 Å². The van der Waals surface area contributed by atoms with Gasteiger partial charge in [-0.05, 0) is 37.3 Å². The molecule has 168 valence electrons. The SMILES string of the molecule is C[C@@H]1CN(C(=O)C(=O)Nc2ccc3c(c2)OC(=O)C3)CCN1c1ccc(C(F)(F)F)cc1. The van der Waals surface area contributed by atoms with Crippen molar-refractivity contribution in [2.24, 2.45) is 0 Å². The lowest BCUT2D eigenvalue weighted by molar-refractivity contribution is -0.143. The van der Waals surface area contributed by atoms with Crippen LogP contribution in [0.5, 0.6) is 5.75 Å². The number of halogens is 3. The minimum absolute atomic E-state index is 0.170. The molecule has 0 saturated carbocycles. The molecule has 1 N–H and O–H groups in total. The molecule has 0 aromatic heterocycles. The second kappa shape index (κ2) is 8.18. The van der Waals surface area contributed by atoms with E-state index < -0.39 is 23.6 Å². The number of rotatable bonds is 2. The number of nitrogens with one attached hydrogen (secondary N) is 1. The van der Waals surface area contributed by atoms with E-state index in [-0.39, 0.29) is 31.5 Å². The molecule has 2 aliphatic rings. The standard InChI is InChI=1S/C22H20F3N3O4/c1-13-12-27(8-9-28(13)17-6-3-15(4-7-17)22(23,24)25)21(31)20(30)26-16-5-2-14-10-19(29)32-18(14)11-16/h2-7,11,13H,8-10,12H2,1H3,(H,26,30)/t13-/m1/s1. The molecule has 32 heavy (non-hydrogen) atoms. The highest BCUT2D eigenvalue weighted by Gasteiger charge is 2.32. The third-order valence-electron chi connectivity index (χ3n) is 5.52. The van der Waals surface area contributed by atoms with Gasteiger partial charge in [0.05, 0.1) is 12.0 Å². The van der Waals surface area contributed by atoms with Gasteiger partial charge in [-0.3, -0.25) is 14.4 Å². The Labute approximate surface area is 181 Å². The molecule has 2 aliphatic heterocycles. The summed E-state index contributed by atoms with van der Waals surface area (Å²) < 4.78 is 43.4. The lowest BCUT2D eigenvalue weighted by atomic mass is 10.1. The Morgan fingerprint density at radius 2 is 1.81 bits per heavy atom. The van der Waals surface area contributed by atoms with E-state index in [1.165, 1.54) is 23.1 Å². The molecule has 2 amide bonds. The number of amides is 2. The van der Waals surface area contributed by atoms with Crippen molar-refractivity contribution in [2.75, 3.05) is 29.9 Å². The minimum atomic E-state index is -4.40. The fourth-order valence-electron chi connectivity index (χ4n) is 3.88. The summed E-state index contributed by atoms with van der Waals surface area (Å²) in [5.41, 5.74) is 0.955. The van der Waals surface area contributed by atoms with Gasteiger partial charge >= 0.3 is 24.0 Å². The van der Waals surface area contributed by atoms with Crippen molar-refractivity contribution >= 4 is 29.2 Å². The average Bonchev–Trinajstić information content (AvgIpc) is 3.12. The number of esters is 1. The van der Waals surface area contributed by atoms with Gasteiger partial charge in [-0.2, -0.15) is 13.2 Å². The highest BCUT2D eigenvalue weighted by atomic mass is 19.4. The van der Waals surface area contributed by atoms with Crippen molar-refractivity contribution < 1.29 is 32.3 Å². The molecule has 1 atom stereocenters. The van der Waals surface area contributed by atoms with Crippen LogP contribution in [-0.2, 0) is 27.0 Å². The first-order chi connectivity index (χ1) is 15.1. The zero-order valence-corrected chi connectivity index (χ0v) is 17.1. The van der Waals surface area contributed by atoms with Crippen molar-refractivity contribution in [3.8, 4) is 5.75 Å². The second-order valence-corrected chi connectivity index (χ2v) is 7.77. The molecule has 2 heterocycles. The maximum atomic E-state index is 12.8. The van der Waals surface area contributed by atoms with Gasteiger partial charge in [0.2, 0.25) is 0 Å². The first-order valence-electron chi connectivity index (χ1n) is 9.99. The molecule has 0 aliphatic carbocycles. The number of benzene rings is 2. The molecule has 2 aromatic rings. The number of ether oxygens (including phenoxy) is 1. The summed E-state index contributed by atoms with van der Waals surface area (Å²) in [5.74, 6) is -1.54. The predicted molar refractivity (Wildman–Crippen MR) is 109 cm³/mol. The lowest BCUT2D eigenvalue weighted by Crippen LogP contribution is -2.55. The van der Waals surface area contributed by atoms with E-state index in [0.717, 1.165) is 12.1 Å². The smallest absolute Gasteiger partial charge is 0.416 e. The van der Waals surface area contributed by atoms with Gasteiger partial charge in [-0.1, -0.05) is 6.07 Å². The highest BCUT2D eigenvalue weighted by Crippen LogP contribution is 2.31. The molecule has 4 rings (SSSR count). The summed E-state index contributed by atoms with van der Waals surface area (Å²) >= 11 is 0. The van der Waals surface area contributed by atoms with Crippen LogP contribution in [0.15, 0.2) is 42.5 Å². The number of hydrogen-bond donors (Lipinski definition) is 1. The van der Waals surface area contributed by atoms with E-state index in [2.05, 4.69) is 5.32 Å². The van der Waals surface area contributed by atoms with E-state index in [0.29, 0.717) is 29.2 Å². The highest BCUT2D eigenvalue weighted by molar-refractivity contribution is 6.39. The van der Waals surface area contributed by atoms with Crippen LogP contribution in [-0.4, -0.2) is 48.4 Å². The molecule has 2 aromatic carbocycles. The number of carbonyl (C=O) groups is 3. The third-order valence-corrected chi connectivity index (χ3v) is 5.52. The number of alkyl halides is 3. The average molecular weight is 447 g/mol. The number of hydrogen-bond acceptors (Lipinski definition) is 5. The number of nitrogens with zero attached hydrogens (tertiary/aromatic N) is 2. The maximum absolute atomic E-state index is 12.8. The second-order valence-electron chi connectivity index (χ2n) is 7.77. The van der Waals surface area contributed by atoms with E-state index in [4.69, 9.17) is 4.74 Å². The maximum Gasteiger partial charge on any atom is 0.416 e. The van der Waals surface area contributed by atoms with E-state index in [1.54, 1.807) is 12.1 Å². The lowest BCUT2D eigenvalue weighted by Gasteiger charge is -2.41. The first kappa shape index (κ1) is 21.7. The van der Waals surface area contributed by atoms with Crippen molar-refractivity contribution in [3.63, 3.8) is 0 Å². The number of fused-ring (bicyclic) bond motifs is 1. The quantitative estimate of drug-likeness (QED) is 0.435. The van der Waals surface area contributed by atoms with E-state index >= 15 is 0 Å². The van der Waals surface area contributed by atoms with Crippen LogP contribution in [0, 0.1) is 0 Å². The van der Waals surface area contributed by atoms with Crippen molar-refractivity contribution in [3.05, 3.63) is 53.6 Å². The summed E-state index contributed by atoms with van der Waals surface area (Å²) in [6, 6.07) is 9.42. The van der Waals surface area contributed by atoms with Gasteiger partial charge in [-0.25, -0.2) is 0 Å². The zero-order chi connectivity index (χ0) is 23.0. The molecule has 0 radical (unpaired) electrons. The van der Waals surface area contributed by atoms with Crippen LogP contribution >= 0.6 is 0 Å². The Hall–Kier alpha value is -3.56. The molecule has 10 heteroatoms. The fourth-order valence-corrected chi connectivity index (χ4v) is 3.88. The van der Waals surface area contributed by atoms with Crippen LogP contribution in [0.2, 0.25) is 0 Å². The molecule has 0 spiro atoms. The van der Waals surface area contributed by atoms with Gasteiger partial charge < -0.3 is 19.9 Å². The Bertz CT molecular complexity index is 1070. The molecular weight excluding hydrogens is 427 g/mol. The zero-order valence-electron chi connectivity index (χ0n) is 17.1. The van der Waals surface area contributed by atoms with E-state index in [1.807, 2.05) is 11.8 Å². The molecule has 0 unspecified atom stereocenters. The molecular formula is C22H20F3N3O4. The van der Waals surface area contributed by atoms with Gasteiger partial charge in [0.15, 0.2) is 0 Å². The van der Waals surface area contributed by atoms with Crippen LogP contribution in [0.3, 0.4) is 0 Å². The number of carbonyl (C=O) groups excluding carboxylic acids is 3. The fraction of sp³-hybridized carbons (Fsp3) is 0.318. The predicted octanol–water partition coefficient (Wildman–Crippen LogP) is 2.84.